The third kappa shape index (κ3) is 9.75. The number of carbonyl (C=O) groups excluding carboxylic acids is 1. The molecule has 25 heavy (non-hydrogen) atoms. The summed E-state index contributed by atoms with van der Waals surface area (Å²) in [6.45, 7) is 1.93. The van der Waals surface area contributed by atoms with Crippen LogP contribution < -0.4 is 0 Å². The minimum Gasteiger partial charge on any atom is -0.469 e. The zero-order chi connectivity index (χ0) is 18.3. The van der Waals surface area contributed by atoms with Crippen LogP contribution in [-0.4, -0.2) is 36.6 Å². The molecule has 1 fully saturated rings. The Labute approximate surface area is 150 Å². The molecule has 0 amide bonds. The van der Waals surface area contributed by atoms with Crippen LogP contribution in [0.25, 0.3) is 0 Å². The number of rotatable bonds is 13. The number of hydrogen-bond acceptors (Lipinski definition) is 6. The van der Waals surface area contributed by atoms with E-state index in [2.05, 4.69) is 15.7 Å². The quantitative estimate of drug-likeness (QED) is 0.174. The standard InChI is InChI=1S/C19H32O6/c1-3-17(23-21)18-15-16(24-25-18)13-11-9-7-5-4-6-8-10-12-14-19(20)22-2/h7,9,11,13,16-18,21H,3-6,8,10,12,14-15H2,1-2H3. The van der Waals surface area contributed by atoms with Crippen molar-refractivity contribution in [2.75, 3.05) is 7.11 Å². The summed E-state index contributed by atoms with van der Waals surface area (Å²) in [5.41, 5.74) is 0. The topological polar surface area (TPSA) is 74.2 Å². The molecule has 1 heterocycles. The fourth-order valence-electron chi connectivity index (χ4n) is 2.71. The van der Waals surface area contributed by atoms with Crippen molar-refractivity contribution in [1.29, 1.82) is 0 Å². The van der Waals surface area contributed by atoms with Crippen LogP contribution in [0, 0.1) is 0 Å². The Hall–Kier alpha value is -1.21. The monoisotopic (exact) mass is 356 g/mol. The highest BCUT2D eigenvalue weighted by atomic mass is 17.2. The van der Waals surface area contributed by atoms with Crippen molar-refractivity contribution in [3.8, 4) is 0 Å². The Morgan fingerprint density at radius 2 is 1.96 bits per heavy atom. The summed E-state index contributed by atoms with van der Waals surface area (Å²) < 4.78 is 4.61. The van der Waals surface area contributed by atoms with Crippen LogP contribution in [0.15, 0.2) is 24.3 Å². The highest BCUT2D eigenvalue weighted by Gasteiger charge is 2.32. The van der Waals surface area contributed by atoms with Gasteiger partial charge in [-0.15, -0.1) is 0 Å². The van der Waals surface area contributed by atoms with E-state index in [1.807, 2.05) is 25.2 Å². The largest absolute Gasteiger partial charge is 0.469 e. The summed E-state index contributed by atoms with van der Waals surface area (Å²) >= 11 is 0. The lowest BCUT2D eigenvalue weighted by Gasteiger charge is -2.14. The second-order valence-electron chi connectivity index (χ2n) is 6.25. The predicted molar refractivity (Wildman–Crippen MR) is 94.8 cm³/mol. The third-order valence-electron chi connectivity index (χ3n) is 4.27. The maximum absolute atomic E-state index is 11.0. The van der Waals surface area contributed by atoms with Gasteiger partial charge in [0.1, 0.15) is 18.3 Å². The van der Waals surface area contributed by atoms with Crippen molar-refractivity contribution in [3.05, 3.63) is 24.3 Å². The van der Waals surface area contributed by atoms with Gasteiger partial charge in [-0.05, 0) is 25.7 Å². The van der Waals surface area contributed by atoms with Crippen LogP contribution in [0.3, 0.4) is 0 Å². The zero-order valence-corrected chi connectivity index (χ0v) is 15.4. The molecule has 6 heteroatoms. The van der Waals surface area contributed by atoms with Gasteiger partial charge in [0.25, 0.3) is 0 Å². The molecule has 1 aliphatic rings. The molecule has 3 unspecified atom stereocenters. The molecule has 0 aromatic rings. The maximum Gasteiger partial charge on any atom is 0.305 e. The van der Waals surface area contributed by atoms with Gasteiger partial charge in [0.15, 0.2) is 0 Å². The molecule has 1 saturated heterocycles. The Morgan fingerprint density at radius 3 is 2.68 bits per heavy atom. The van der Waals surface area contributed by atoms with Crippen molar-refractivity contribution in [2.45, 2.75) is 83.0 Å². The second-order valence-corrected chi connectivity index (χ2v) is 6.25. The number of allylic oxidation sites excluding steroid dienone is 3. The van der Waals surface area contributed by atoms with E-state index in [1.54, 1.807) is 0 Å². The Kier molecular flexibility index (Phi) is 12.2. The van der Waals surface area contributed by atoms with Gasteiger partial charge in [-0.1, -0.05) is 50.5 Å². The Bertz CT molecular complexity index is 403. The molecule has 1 aliphatic heterocycles. The van der Waals surface area contributed by atoms with Crippen molar-refractivity contribution in [3.63, 3.8) is 0 Å². The van der Waals surface area contributed by atoms with Gasteiger partial charge in [0.2, 0.25) is 0 Å². The molecular weight excluding hydrogens is 324 g/mol. The van der Waals surface area contributed by atoms with E-state index in [9.17, 15) is 4.79 Å². The lowest BCUT2D eigenvalue weighted by Crippen LogP contribution is -2.26. The first kappa shape index (κ1) is 21.8. The number of methoxy groups -OCH3 is 1. The third-order valence-corrected chi connectivity index (χ3v) is 4.27. The molecule has 0 aromatic heterocycles. The molecule has 6 nitrogen and oxygen atoms in total. The lowest BCUT2D eigenvalue weighted by molar-refractivity contribution is -0.348. The van der Waals surface area contributed by atoms with Gasteiger partial charge < -0.3 is 4.74 Å². The number of esters is 1. The normalized spacial score (nSPS) is 22.0. The molecule has 0 saturated carbocycles. The van der Waals surface area contributed by atoms with Gasteiger partial charge in [-0.3, -0.25) is 10.1 Å². The van der Waals surface area contributed by atoms with Crippen molar-refractivity contribution < 1.29 is 29.5 Å². The molecule has 0 aliphatic carbocycles. The minimum atomic E-state index is -0.346. The fourth-order valence-corrected chi connectivity index (χ4v) is 2.71. The summed E-state index contributed by atoms with van der Waals surface area (Å²) in [5, 5.41) is 8.79. The van der Waals surface area contributed by atoms with Crippen LogP contribution in [-0.2, 0) is 24.2 Å². The van der Waals surface area contributed by atoms with Crippen LogP contribution in [0.1, 0.15) is 64.7 Å². The Balaban J connectivity index is 2.01. The van der Waals surface area contributed by atoms with Gasteiger partial charge >= 0.3 is 5.97 Å². The van der Waals surface area contributed by atoms with Gasteiger partial charge in [-0.25, -0.2) is 14.7 Å². The second kappa shape index (κ2) is 14.0. The smallest absolute Gasteiger partial charge is 0.305 e. The summed E-state index contributed by atoms with van der Waals surface area (Å²) in [4.78, 5) is 25.7. The van der Waals surface area contributed by atoms with Crippen LogP contribution in [0.5, 0.6) is 0 Å². The van der Waals surface area contributed by atoms with Crippen LogP contribution in [0.4, 0.5) is 0 Å². The molecule has 0 bridgehead atoms. The number of hydrogen-bond donors (Lipinski definition) is 1. The SMILES string of the molecule is CCC(OO)C1CC(C=CC=CCCCCCCCC(=O)OC)OO1. The van der Waals surface area contributed by atoms with E-state index >= 15 is 0 Å². The first-order chi connectivity index (χ1) is 12.2. The maximum atomic E-state index is 11.0. The highest BCUT2D eigenvalue weighted by molar-refractivity contribution is 5.68. The molecule has 3 atom stereocenters. The minimum absolute atomic E-state index is 0.103. The fraction of sp³-hybridized carbons (Fsp3) is 0.737. The highest BCUT2D eigenvalue weighted by Crippen LogP contribution is 2.23. The molecule has 144 valence electrons. The summed E-state index contributed by atoms with van der Waals surface area (Å²) in [5.74, 6) is -0.119. The van der Waals surface area contributed by atoms with Crippen molar-refractivity contribution >= 4 is 5.97 Å². The molecule has 1 N–H and O–H groups in total. The lowest BCUT2D eigenvalue weighted by atomic mass is 10.1. The van der Waals surface area contributed by atoms with E-state index in [4.69, 9.17) is 15.0 Å². The van der Waals surface area contributed by atoms with Crippen LogP contribution in [0.2, 0.25) is 0 Å². The van der Waals surface area contributed by atoms with E-state index in [-0.39, 0.29) is 24.3 Å². The van der Waals surface area contributed by atoms with Gasteiger partial charge in [0.05, 0.1) is 7.11 Å². The van der Waals surface area contributed by atoms with E-state index in [0.29, 0.717) is 19.3 Å². The molecule has 0 aromatic carbocycles. The number of ether oxygens (including phenoxy) is 1. The zero-order valence-electron chi connectivity index (χ0n) is 15.4. The number of carbonyl (C=O) groups is 1. The van der Waals surface area contributed by atoms with E-state index < -0.39 is 0 Å². The van der Waals surface area contributed by atoms with Crippen molar-refractivity contribution in [1.82, 2.24) is 0 Å². The average molecular weight is 356 g/mol. The summed E-state index contributed by atoms with van der Waals surface area (Å²) in [6.07, 6.45) is 15.8. The van der Waals surface area contributed by atoms with Crippen molar-refractivity contribution in [2.24, 2.45) is 0 Å². The summed E-state index contributed by atoms with van der Waals surface area (Å²) in [7, 11) is 1.43. The Morgan fingerprint density at radius 1 is 1.20 bits per heavy atom. The van der Waals surface area contributed by atoms with E-state index in [0.717, 1.165) is 32.1 Å². The first-order valence-corrected chi connectivity index (χ1v) is 9.23. The average Bonchev–Trinajstić information content (AvgIpc) is 3.09. The van der Waals surface area contributed by atoms with Gasteiger partial charge in [0, 0.05) is 12.8 Å². The summed E-state index contributed by atoms with van der Waals surface area (Å²) in [6, 6.07) is 0. The van der Waals surface area contributed by atoms with Crippen LogP contribution >= 0.6 is 0 Å². The van der Waals surface area contributed by atoms with Gasteiger partial charge in [-0.2, -0.15) is 0 Å². The van der Waals surface area contributed by atoms with E-state index in [1.165, 1.54) is 13.5 Å². The molecule has 0 spiro atoms. The molecule has 0 radical (unpaired) electrons. The first-order valence-electron chi connectivity index (χ1n) is 9.23. The number of unbranched alkanes of at least 4 members (excludes halogenated alkanes) is 5. The molecular formula is C19H32O6. The molecule has 1 rings (SSSR count). The predicted octanol–water partition coefficient (Wildman–Crippen LogP) is 4.36.